The van der Waals surface area contributed by atoms with Crippen molar-refractivity contribution in [1.29, 1.82) is 0 Å². The lowest BCUT2D eigenvalue weighted by atomic mass is 9.93. The van der Waals surface area contributed by atoms with E-state index in [0.29, 0.717) is 24.9 Å². The van der Waals surface area contributed by atoms with Crippen LogP contribution in [0, 0.1) is 13.8 Å². The molecule has 0 radical (unpaired) electrons. The van der Waals surface area contributed by atoms with Gasteiger partial charge in [-0.2, -0.15) is 0 Å². The molecule has 4 rings (SSSR count). The second-order valence-corrected chi connectivity index (χ2v) is 7.08. The Balaban J connectivity index is 1.39. The van der Waals surface area contributed by atoms with Crippen molar-refractivity contribution in [1.82, 2.24) is 20.0 Å². The van der Waals surface area contributed by atoms with Crippen LogP contribution in [0.2, 0.25) is 0 Å². The second-order valence-electron chi connectivity index (χ2n) is 7.08. The predicted octanol–water partition coefficient (Wildman–Crippen LogP) is 4.16. The van der Waals surface area contributed by atoms with Crippen LogP contribution < -0.4 is 5.32 Å². The van der Waals surface area contributed by atoms with E-state index in [2.05, 4.69) is 15.5 Å². The number of piperidine rings is 1. The molecule has 0 bridgehead atoms. The second kappa shape index (κ2) is 7.80. The Bertz CT molecular complexity index is 962. The number of hydrogen-bond donors (Lipinski definition) is 1. The molecular formula is C21H23N5O2. The Labute approximate surface area is 163 Å². The standard InChI is InChI=1S/C21H23N5O2/c1-14-15(2)25-28-20(14)24-21(27)26-12-9-16(10-13-26)18-8-11-22-19(23-18)17-6-4-3-5-7-17/h3-8,11,16H,9-10,12-13H2,1-2H3,(H,24,27). The van der Waals surface area contributed by atoms with E-state index < -0.39 is 0 Å². The summed E-state index contributed by atoms with van der Waals surface area (Å²) in [4.78, 5) is 23.5. The average molecular weight is 377 g/mol. The number of aromatic nitrogens is 3. The molecule has 28 heavy (non-hydrogen) atoms. The number of amides is 2. The van der Waals surface area contributed by atoms with Crippen LogP contribution in [-0.4, -0.2) is 39.1 Å². The van der Waals surface area contributed by atoms with E-state index in [-0.39, 0.29) is 6.03 Å². The number of carbonyl (C=O) groups excluding carboxylic acids is 1. The highest BCUT2D eigenvalue weighted by Crippen LogP contribution is 2.28. The van der Waals surface area contributed by atoms with Gasteiger partial charge in [0.25, 0.3) is 0 Å². The minimum atomic E-state index is -0.148. The monoisotopic (exact) mass is 377 g/mol. The van der Waals surface area contributed by atoms with Crippen LogP contribution in [0.25, 0.3) is 11.4 Å². The Hall–Kier alpha value is -3.22. The third kappa shape index (κ3) is 3.74. The molecule has 1 N–H and O–H groups in total. The van der Waals surface area contributed by atoms with Crippen molar-refractivity contribution in [2.45, 2.75) is 32.6 Å². The largest absolute Gasteiger partial charge is 0.338 e. The summed E-state index contributed by atoms with van der Waals surface area (Å²) in [5, 5.41) is 6.70. The molecule has 0 atom stereocenters. The molecule has 0 aliphatic carbocycles. The van der Waals surface area contributed by atoms with Crippen LogP contribution >= 0.6 is 0 Å². The summed E-state index contributed by atoms with van der Waals surface area (Å²) in [6, 6.07) is 11.8. The van der Waals surface area contributed by atoms with Gasteiger partial charge in [-0.25, -0.2) is 14.8 Å². The van der Waals surface area contributed by atoms with E-state index >= 15 is 0 Å². The Morgan fingerprint density at radius 1 is 1.14 bits per heavy atom. The zero-order valence-corrected chi connectivity index (χ0v) is 16.1. The number of urea groups is 1. The van der Waals surface area contributed by atoms with Crippen LogP contribution in [0.5, 0.6) is 0 Å². The van der Waals surface area contributed by atoms with Crippen molar-refractivity contribution in [3.63, 3.8) is 0 Å². The van der Waals surface area contributed by atoms with Crippen molar-refractivity contribution >= 4 is 11.9 Å². The topological polar surface area (TPSA) is 84.2 Å². The summed E-state index contributed by atoms with van der Waals surface area (Å²) in [6.45, 7) is 5.08. The number of anilines is 1. The molecule has 7 heteroatoms. The molecule has 2 aromatic heterocycles. The van der Waals surface area contributed by atoms with Crippen molar-refractivity contribution in [2.24, 2.45) is 0 Å². The fourth-order valence-electron chi connectivity index (χ4n) is 3.41. The summed E-state index contributed by atoms with van der Waals surface area (Å²) in [5.41, 5.74) is 3.69. The SMILES string of the molecule is Cc1noc(NC(=O)N2CCC(c3ccnc(-c4ccccc4)n3)CC2)c1C. The predicted molar refractivity (Wildman–Crippen MR) is 106 cm³/mol. The molecule has 2 amide bonds. The van der Waals surface area contributed by atoms with Crippen molar-refractivity contribution in [2.75, 3.05) is 18.4 Å². The molecule has 1 aromatic carbocycles. The first-order valence-electron chi connectivity index (χ1n) is 9.49. The first-order valence-corrected chi connectivity index (χ1v) is 9.49. The fraction of sp³-hybridized carbons (Fsp3) is 0.333. The van der Waals surface area contributed by atoms with E-state index in [1.807, 2.05) is 61.3 Å². The van der Waals surface area contributed by atoms with Crippen molar-refractivity contribution in [3.8, 4) is 11.4 Å². The van der Waals surface area contributed by atoms with Gasteiger partial charge in [0.05, 0.1) is 5.69 Å². The number of rotatable bonds is 3. The third-order valence-electron chi connectivity index (χ3n) is 5.29. The molecule has 1 fully saturated rings. The summed E-state index contributed by atoms with van der Waals surface area (Å²) in [5.74, 6) is 1.49. The average Bonchev–Trinajstić information content (AvgIpc) is 3.06. The zero-order valence-electron chi connectivity index (χ0n) is 16.1. The summed E-state index contributed by atoms with van der Waals surface area (Å²) in [7, 11) is 0. The number of aryl methyl sites for hydroxylation is 1. The third-order valence-corrected chi connectivity index (χ3v) is 5.29. The molecule has 0 spiro atoms. The van der Waals surface area contributed by atoms with Crippen LogP contribution in [0.4, 0.5) is 10.7 Å². The Morgan fingerprint density at radius 3 is 2.57 bits per heavy atom. The Morgan fingerprint density at radius 2 is 1.89 bits per heavy atom. The van der Waals surface area contributed by atoms with E-state index in [0.717, 1.165) is 41.2 Å². The smallest absolute Gasteiger partial charge is 0.324 e. The van der Waals surface area contributed by atoms with Gasteiger partial charge in [0, 0.05) is 42.0 Å². The molecule has 1 aliphatic rings. The minimum Gasteiger partial charge on any atom is -0.338 e. The molecule has 7 nitrogen and oxygen atoms in total. The summed E-state index contributed by atoms with van der Waals surface area (Å²) in [6.07, 6.45) is 3.55. The lowest BCUT2D eigenvalue weighted by molar-refractivity contribution is 0.193. The molecule has 3 aromatic rings. The lowest BCUT2D eigenvalue weighted by Crippen LogP contribution is -2.40. The first-order chi connectivity index (χ1) is 13.6. The normalized spacial score (nSPS) is 14.9. The molecule has 1 aliphatic heterocycles. The van der Waals surface area contributed by atoms with Gasteiger partial charge in [0.2, 0.25) is 5.88 Å². The maximum Gasteiger partial charge on any atom is 0.324 e. The molecule has 144 valence electrons. The quantitative estimate of drug-likeness (QED) is 0.741. The van der Waals surface area contributed by atoms with Crippen LogP contribution in [0.3, 0.4) is 0 Å². The van der Waals surface area contributed by atoms with Gasteiger partial charge in [-0.1, -0.05) is 35.5 Å². The van der Waals surface area contributed by atoms with Crippen LogP contribution in [-0.2, 0) is 0 Å². The molecule has 1 saturated heterocycles. The number of hydrogen-bond acceptors (Lipinski definition) is 5. The van der Waals surface area contributed by atoms with E-state index in [1.54, 1.807) is 0 Å². The van der Waals surface area contributed by atoms with Gasteiger partial charge in [0.15, 0.2) is 5.82 Å². The maximum absolute atomic E-state index is 12.5. The fourth-order valence-corrected chi connectivity index (χ4v) is 3.41. The van der Waals surface area contributed by atoms with E-state index in [9.17, 15) is 4.79 Å². The number of benzene rings is 1. The number of nitrogens with one attached hydrogen (secondary N) is 1. The maximum atomic E-state index is 12.5. The van der Waals surface area contributed by atoms with Gasteiger partial charge >= 0.3 is 6.03 Å². The van der Waals surface area contributed by atoms with Gasteiger partial charge in [-0.15, -0.1) is 0 Å². The number of likely N-dealkylation sites (tertiary alicyclic amines) is 1. The highest BCUT2D eigenvalue weighted by atomic mass is 16.5. The van der Waals surface area contributed by atoms with E-state index in [4.69, 9.17) is 9.51 Å². The number of nitrogens with zero attached hydrogens (tertiary/aromatic N) is 4. The highest BCUT2D eigenvalue weighted by molar-refractivity contribution is 5.88. The van der Waals surface area contributed by atoms with Crippen LogP contribution in [0.15, 0.2) is 47.1 Å². The molecular weight excluding hydrogens is 354 g/mol. The lowest BCUT2D eigenvalue weighted by Gasteiger charge is -2.31. The number of carbonyl (C=O) groups is 1. The van der Waals surface area contributed by atoms with Crippen molar-refractivity contribution in [3.05, 3.63) is 59.5 Å². The summed E-state index contributed by atoms with van der Waals surface area (Å²) < 4.78 is 5.18. The van der Waals surface area contributed by atoms with Gasteiger partial charge in [-0.3, -0.25) is 5.32 Å². The van der Waals surface area contributed by atoms with Gasteiger partial charge in [0.1, 0.15) is 0 Å². The van der Waals surface area contributed by atoms with Crippen molar-refractivity contribution < 1.29 is 9.32 Å². The van der Waals surface area contributed by atoms with Gasteiger partial charge < -0.3 is 9.42 Å². The van der Waals surface area contributed by atoms with Crippen LogP contribution in [0.1, 0.15) is 35.7 Å². The zero-order chi connectivity index (χ0) is 19.5. The Kier molecular flexibility index (Phi) is 5.06. The molecule has 3 heterocycles. The first kappa shape index (κ1) is 18.2. The summed E-state index contributed by atoms with van der Waals surface area (Å²) >= 11 is 0. The van der Waals surface area contributed by atoms with Gasteiger partial charge in [-0.05, 0) is 32.8 Å². The highest BCUT2D eigenvalue weighted by Gasteiger charge is 2.26. The van der Waals surface area contributed by atoms with E-state index in [1.165, 1.54) is 0 Å². The minimum absolute atomic E-state index is 0.148. The molecule has 0 saturated carbocycles. The molecule has 0 unspecified atom stereocenters.